The van der Waals surface area contributed by atoms with Gasteiger partial charge in [0.05, 0.1) is 6.10 Å². The first-order valence-electron chi connectivity index (χ1n) is 9.63. The van der Waals surface area contributed by atoms with Gasteiger partial charge in [0.1, 0.15) is 0 Å². The first kappa shape index (κ1) is 20.9. The van der Waals surface area contributed by atoms with Crippen molar-refractivity contribution in [1.82, 2.24) is 5.32 Å². The minimum absolute atomic E-state index is 0.410. The normalized spacial score (nSPS) is 12.7. The minimum Gasteiger partial charge on any atom is -0.378 e. The fourth-order valence-electron chi connectivity index (χ4n) is 2.51. The Hall–Kier alpha value is -0.0800. The summed E-state index contributed by atoms with van der Waals surface area (Å²) in [7, 11) is 0. The molecule has 1 atom stereocenters. The van der Waals surface area contributed by atoms with Crippen molar-refractivity contribution in [2.75, 3.05) is 19.7 Å². The van der Waals surface area contributed by atoms with Crippen molar-refractivity contribution in [3.05, 3.63) is 0 Å². The zero-order valence-electron chi connectivity index (χ0n) is 15.1. The molecule has 0 aromatic carbocycles. The predicted octanol–water partition coefficient (Wildman–Crippen LogP) is 5.70. The first-order valence-corrected chi connectivity index (χ1v) is 9.63. The molecule has 0 aromatic heterocycles. The van der Waals surface area contributed by atoms with Crippen molar-refractivity contribution in [1.29, 1.82) is 0 Å². The van der Waals surface area contributed by atoms with Crippen LogP contribution >= 0.6 is 0 Å². The van der Waals surface area contributed by atoms with Crippen molar-refractivity contribution in [2.24, 2.45) is 0 Å². The first-order chi connectivity index (χ1) is 10.3. The molecule has 0 bridgehead atoms. The molecule has 1 N–H and O–H groups in total. The fourth-order valence-corrected chi connectivity index (χ4v) is 2.51. The van der Waals surface area contributed by atoms with E-state index in [-0.39, 0.29) is 0 Å². The van der Waals surface area contributed by atoms with E-state index in [4.69, 9.17) is 4.74 Å². The van der Waals surface area contributed by atoms with Gasteiger partial charge in [-0.05, 0) is 39.3 Å². The highest BCUT2D eigenvalue weighted by atomic mass is 16.5. The van der Waals surface area contributed by atoms with Crippen LogP contribution in [0.1, 0.15) is 97.8 Å². The third-order valence-electron chi connectivity index (χ3n) is 4.09. The lowest BCUT2D eigenvalue weighted by Crippen LogP contribution is -2.21. The highest BCUT2D eigenvalue weighted by molar-refractivity contribution is 4.55. The monoisotopic (exact) mass is 299 g/mol. The van der Waals surface area contributed by atoms with Gasteiger partial charge in [-0.1, -0.05) is 71.6 Å². The van der Waals surface area contributed by atoms with Gasteiger partial charge in [-0.2, -0.15) is 0 Å². The van der Waals surface area contributed by atoms with Gasteiger partial charge in [0.15, 0.2) is 0 Å². The van der Waals surface area contributed by atoms with Crippen LogP contribution in [0, 0.1) is 0 Å². The zero-order chi connectivity index (χ0) is 15.6. The Morgan fingerprint density at radius 3 is 1.90 bits per heavy atom. The summed E-state index contributed by atoms with van der Waals surface area (Å²) in [4.78, 5) is 0. The molecule has 0 fully saturated rings. The third kappa shape index (κ3) is 17.9. The van der Waals surface area contributed by atoms with Crippen LogP contribution in [0.5, 0.6) is 0 Å². The fraction of sp³-hybridized carbons (Fsp3) is 1.00. The van der Waals surface area contributed by atoms with Crippen LogP contribution in [0.25, 0.3) is 0 Å². The Bertz CT molecular complexity index is 184. The Morgan fingerprint density at radius 1 is 0.714 bits per heavy atom. The molecule has 0 spiro atoms. The van der Waals surface area contributed by atoms with Gasteiger partial charge in [0.2, 0.25) is 0 Å². The van der Waals surface area contributed by atoms with Gasteiger partial charge in [-0.3, -0.25) is 0 Å². The number of rotatable bonds is 17. The molecule has 2 heteroatoms. The summed E-state index contributed by atoms with van der Waals surface area (Å²) in [6.07, 6.45) is 16.6. The quantitative estimate of drug-likeness (QED) is 0.348. The summed E-state index contributed by atoms with van der Waals surface area (Å²) < 4.78 is 5.87. The highest BCUT2D eigenvalue weighted by Gasteiger charge is 2.01. The van der Waals surface area contributed by atoms with E-state index in [1.54, 1.807) is 0 Å². The molecule has 2 nitrogen and oxygen atoms in total. The molecule has 1 unspecified atom stereocenters. The molecule has 0 amide bonds. The average Bonchev–Trinajstić information content (AvgIpc) is 2.49. The lowest BCUT2D eigenvalue weighted by molar-refractivity contribution is 0.0576. The molecule has 0 saturated heterocycles. The zero-order valence-corrected chi connectivity index (χ0v) is 15.1. The van der Waals surface area contributed by atoms with Crippen molar-refractivity contribution >= 4 is 0 Å². The van der Waals surface area contributed by atoms with Crippen molar-refractivity contribution < 1.29 is 4.74 Å². The Morgan fingerprint density at radius 2 is 1.29 bits per heavy atom. The van der Waals surface area contributed by atoms with Crippen LogP contribution in [-0.4, -0.2) is 25.8 Å². The second-order valence-corrected chi connectivity index (χ2v) is 6.40. The van der Waals surface area contributed by atoms with Gasteiger partial charge >= 0.3 is 0 Å². The smallest absolute Gasteiger partial charge is 0.0559 e. The van der Waals surface area contributed by atoms with Crippen molar-refractivity contribution in [2.45, 2.75) is 104 Å². The molecule has 0 radical (unpaired) electrons. The maximum atomic E-state index is 5.87. The highest BCUT2D eigenvalue weighted by Crippen LogP contribution is 2.10. The molecule has 21 heavy (non-hydrogen) atoms. The van der Waals surface area contributed by atoms with Gasteiger partial charge in [-0.15, -0.1) is 0 Å². The molecular formula is C19H41NO. The van der Waals surface area contributed by atoms with Crippen LogP contribution in [0.4, 0.5) is 0 Å². The third-order valence-corrected chi connectivity index (χ3v) is 4.09. The summed E-state index contributed by atoms with van der Waals surface area (Å²) in [6.45, 7) is 9.92. The molecule has 0 aliphatic heterocycles. The molecular weight excluding hydrogens is 258 g/mol. The summed E-state index contributed by atoms with van der Waals surface area (Å²) in [5, 5.41) is 3.48. The minimum atomic E-state index is 0.410. The van der Waals surface area contributed by atoms with E-state index in [2.05, 4.69) is 26.1 Å². The Labute approximate surface area is 134 Å². The number of nitrogens with one attached hydrogen (secondary N) is 1. The number of unbranched alkanes of at least 4 members (excludes halogenated alkanes) is 9. The lowest BCUT2D eigenvalue weighted by Gasteiger charge is -2.13. The van der Waals surface area contributed by atoms with E-state index < -0.39 is 0 Å². The molecule has 0 heterocycles. The van der Waals surface area contributed by atoms with E-state index >= 15 is 0 Å². The number of hydrogen-bond donors (Lipinski definition) is 1. The summed E-state index contributed by atoms with van der Waals surface area (Å²) in [5.74, 6) is 0. The van der Waals surface area contributed by atoms with Crippen LogP contribution in [0.3, 0.4) is 0 Å². The molecule has 128 valence electrons. The van der Waals surface area contributed by atoms with E-state index in [1.165, 1.54) is 70.6 Å². The van der Waals surface area contributed by atoms with Gasteiger partial charge < -0.3 is 10.1 Å². The largest absolute Gasteiger partial charge is 0.378 e. The predicted molar refractivity (Wildman–Crippen MR) is 95.0 cm³/mol. The topological polar surface area (TPSA) is 21.3 Å². The number of ether oxygens (including phenoxy) is 1. The molecule has 0 aromatic rings. The van der Waals surface area contributed by atoms with Gasteiger partial charge in [0.25, 0.3) is 0 Å². The van der Waals surface area contributed by atoms with Crippen molar-refractivity contribution in [3.8, 4) is 0 Å². The average molecular weight is 300 g/mol. The molecule has 0 aliphatic carbocycles. The van der Waals surface area contributed by atoms with E-state index in [1.807, 2.05) is 0 Å². The van der Waals surface area contributed by atoms with Crippen LogP contribution in [0.2, 0.25) is 0 Å². The molecule has 0 aliphatic rings. The maximum absolute atomic E-state index is 5.87. The van der Waals surface area contributed by atoms with E-state index in [0.717, 1.165) is 26.1 Å². The van der Waals surface area contributed by atoms with E-state index in [0.29, 0.717) is 6.10 Å². The van der Waals surface area contributed by atoms with Crippen LogP contribution < -0.4 is 5.32 Å². The second kappa shape index (κ2) is 18.0. The summed E-state index contributed by atoms with van der Waals surface area (Å²) >= 11 is 0. The Kier molecular flexibility index (Phi) is 17.9. The maximum Gasteiger partial charge on any atom is 0.0559 e. The Balaban J connectivity index is 3.09. The second-order valence-electron chi connectivity index (χ2n) is 6.40. The van der Waals surface area contributed by atoms with Crippen molar-refractivity contribution in [3.63, 3.8) is 0 Å². The summed E-state index contributed by atoms with van der Waals surface area (Å²) in [5.41, 5.74) is 0. The van der Waals surface area contributed by atoms with Gasteiger partial charge in [-0.25, -0.2) is 0 Å². The van der Waals surface area contributed by atoms with Crippen LogP contribution in [-0.2, 0) is 4.74 Å². The van der Waals surface area contributed by atoms with E-state index in [9.17, 15) is 0 Å². The lowest BCUT2D eigenvalue weighted by atomic mass is 10.1. The standard InChI is InChI=1S/C19H41NO/c1-4-6-8-9-10-11-12-13-14-18-21-19(3)15-17-20-16-7-5-2/h19-20H,4-18H2,1-3H3. The van der Waals surface area contributed by atoms with Crippen LogP contribution in [0.15, 0.2) is 0 Å². The molecule has 0 rings (SSSR count). The molecule has 0 saturated carbocycles. The van der Waals surface area contributed by atoms with Gasteiger partial charge in [0, 0.05) is 6.61 Å². The summed E-state index contributed by atoms with van der Waals surface area (Å²) in [6, 6.07) is 0. The number of hydrogen-bond acceptors (Lipinski definition) is 2. The SMILES string of the molecule is CCCCCCCCCCCOC(C)CCNCCCC.